The van der Waals surface area contributed by atoms with E-state index in [9.17, 15) is 13.2 Å². The predicted octanol–water partition coefficient (Wildman–Crippen LogP) is 4.05. The Morgan fingerprint density at radius 2 is 2.00 bits per heavy atom. The molecule has 1 atom stereocenters. The first-order valence-electron chi connectivity index (χ1n) is 5.45. The van der Waals surface area contributed by atoms with E-state index >= 15 is 0 Å². The Balaban J connectivity index is 3.11. The van der Waals surface area contributed by atoms with Crippen LogP contribution in [0.2, 0.25) is 0 Å². The second kappa shape index (κ2) is 5.78. The van der Waals surface area contributed by atoms with Crippen LogP contribution in [0.25, 0.3) is 0 Å². The minimum atomic E-state index is -4.32. The predicted molar refractivity (Wildman–Crippen MR) is 64.9 cm³/mol. The Hall–Kier alpha value is -0.680. The van der Waals surface area contributed by atoms with Gasteiger partial charge >= 0.3 is 6.18 Å². The lowest BCUT2D eigenvalue weighted by Gasteiger charge is -2.16. The quantitative estimate of drug-likeness (QED) is 0.829. The number of hydrogen-bond acceptors (Lipinski definition) is 2. The van der Waals surface area contributed by atoms with Crippen molar-refractivity contribution < 1.29 is 13.2 Å². The first-order chi connectivity index (χ1) is 7.88. The third-order valence-corrected chi connectivity index (χ3v) is 3.83. The van der Waals surface area contributed by atoms with Crippen LogP contribution in [0.3, 0.4) is 0 Å². The fourth-order valence-electron chi connectivity index (χ4n) is 1.33. The molecule has 0 aromatic heterocycles. The molecule has 0 fully saturated rings. The molecule has 1 aromatic rings. The lowest BCUT2D eigenvalue weighted by Crippen LogP contribution is -2.10. The summed E-state index contributed by atoms with van der Waals surface area (Å²) in [6.07, 6.45) is -3.48. The zero-order valence-electron chi connectivity index (χ0n) is 9.84. The van der Waals surface area contributed by atoms with Crippen molar-refractivity contribution in [2.45, 2.75) is 43.1 Å². The molecule has 0 bridgehead atoms. The topological polar surface area (TPSA) is 26.0 Å². The smallest absolute Gasteiger partial charge is 0.326 e. The number of benzene rings is 1. The molecule has 0 saturated carbocycles. The molecule has 0 saturated heterocycles. The molecule has 0 aliphatic carbocycles. The van der Waals surface area contributed by atoms with Crippen LogP contribution in [0, 0.1) is 0 Å². The summed E-state index contributed by atoms with van der Waals surface area (Å²) in [5.41, 5.74) is 5.29. The highest BCUT2D eigenvalue weighted by Crippen LogP contribution is 2.39. The molecular weight excluding hydrogens is 247 g/mol. The molecule has 2 N–H and O–H groups in total. The van der Waals surface area contributed by atoms with Crippen molar-refractivity contribution >= 4 is 11.8 Å². The fourth-order valence-corrected chi connectivity index (χ4v) is 2.38. The molecular formula is C12H16F3NS. The summed E-state index contributed by atoms with van der Waals surface area (Å²) in [4.78, 5) is 0.282. The molecule has 96 valence electrons. The summed E-state index contributed by atoms with van der Waals surface area (Å²) in [5, 5.41) is 0.167. The second-order valence-corrected chi connectivity index (χ2v) is 5.35. The van der Waals surface area contributed by atoms with Gasteiger partial charge in [-0.1, -0.05) is 19.9 Å². The normalized spacial score (nSPS) is 13.8. The van der Waals surface area contributed by atoms with Gasteiger partial charge < -0.3 is 5.73 Å². The molecule has 1 aromatic carbocycles. The Bertz CT molecular complexity index is 377. The lowest BCUT2D eigenvalue weighted by molar-refractivity contribution is -0.139. The van der Waals surface area contributed by atoms with Crippen molar-refractivity contribution in [2.75, 3.05) is 0 Å². The summed E-state index contributed by atoms with van der Waals surface area (Å²) < 4.78 is 38.6. The van der Waals surface area contributed by atoms with Crippen molar-refractivity contribution in [3.63, 3.8) is 0 Å². The number of halogens is 3. The molecule has 1 rings (SSSR count). The highest BCUT2D eigenvalue weighted by atomic mass is 32.2. The maximum atomic E-state index is 12.9. The van der Waals surface area contributed by atoms with Gasteiger partial charge in [0.15, 0.2) is 0 Å². The summed E-state index contributed by atoms with van der Waals surface area (Å²) in [6, 6.07) is 4.31. The van der Waals surface area contributed by atoms with E-state index in [2.05, 4.69) is 0 Å². The highest BCUT2D eigenvalue weighted by Gasteiger charge is 2.34. The average Bonchev–Trinajstić information content (AvgIpc) is 2.28. The Morgan fingerprint density at radius 3 is 2.47 bits per heavy atom. The maximum absolute atomic E-state index is 12.9. The second-order valence-electron chi connectivity index (χ2n) is 3.87. The van der Waals surface area contributed by atoms with Gasteiger partial charge in [0.05, 0.1) is 5.56 Å². The van der Waals surface area contributed by atoms with E-state index in [0.29, 0.717) is 5.56 Å². The van der Waals surface area contributed by atoms with Crippen LogP contribution in [0.1, 0.15) is 31.4 Å². The number of hydrogen-bond donors (Lipinski definition) is 1. The average molecular weight is 263 g/mol. The Morgan fingerprint density at radius 1 is 1.35 bits per heavy atom. The summed E-state index contributed by atoms with van der Waals surface area (Å²) >= 11 is 1.26. The first kappa shape index (κ1) is 14.4. The molecule has 0 heterocycles. The fraction of sp³-hybridized carbons (Fsp3) is 0.500. The minimum absolute atomic E-state index is 0.122. The van der Waals surface area contributed by atoms with Gasteiger partial charge in [-0.25, -0.2) is 0 Å². The molecule has 0 amide bonds. The molecule has 0 aliphatic rings. The molecule has 0 aliphatic heterocycles. The number of nitrogens with two attached hydrogens (primary N) is 1. The summed E-state index contributed by atoms with van der Waals surface area (Å²) in [7, 11) is 0. The molecule has 5 heteroatoms. The van der Waals surface area contributed by atoms with Crippen LogP contribution in [-0.4, -0.2) is 5.25 Å². The van der Waals surface area contributed by atoms with Crippen LogP contribution in [0.15, 0.2) is 23.1 Å². The zero-order chi connectivity index (χ0) is 13.1. The largest absolute Gasteiger partial charge is 0.417 e. The monoisotopic (exact) mass is 263 g/mol. The number of alkyl halides is 3. The number of rotatable bonds is 4. The van der Waals surface area contributed by atoms with E-state index in [0.717, 1.165) is 12.5 Å². The van der Waals surface area contributed by atoms with Crippen molar-refractivity contribution in [1.29, 1.82) is 0 Å². The minimum Gasteiger partial charge on any atom is -0.326 e. The zero-order valence-corrected chi connectivity index (χ0v) is 10.7. The SMILES string of the molecule is CCC(C)Sc1ccc(CN)cc1C(F)(F)F. The van der Waals surface area contributed by atoms with Gasteiger partial charge in [-0.2, -0.15) is 13.2 Å². The Labute approximate surface area is 104 Å². The van der Waals surface area contributed by atoms with Gasteiger partial charge in [0, 0.05) is 16.7 Å². The van der Waals surface area contributed by atoms with E-state index < -0.39 is 11.7 Å². The van der Waals surface area contributed by atoms with E-state index in [4.69, 9.17) is 5.73 Å². The van der Waals surface area contributed by atoms with Gasteiger partial charge in [0.25, 0.3) is 0 Å². The van der Waals surface area contributed by atoms with Crippen LogP contribution in [0.5, 0.6) is 0 Å². The molecule has 0 spiro atoms. The van der Waals surface area contributed by atoms with Gasteiger partial charge in [0.2, 0.25) is 0 Å². The third-order valence-electron chi connectivity index (χ3n) is 2.49. The molecule has 1 nitrogen and oxygen atoms in total. The van der Waals surface area contributed by atoms with Crippen LogP contribution in [0.4, 0.5) is 13.2 Å². The van der Waals surface area contributed by atoms with Crippen molar-refractivity contribution in [1.82, 2.24) is 0 Å². The van der Waals surface area contributed by atoms with Gasteiger partial charge in [-0.15, -0.1) is 11.8 Å². The van der Waals surface area contributed by atoms with Crippen molar-refractivity contribution in [3.05, 3.63) is 29.3 Å². The van der Waals surface area contributed by atoms with Crippen LogP contribution >= 0.6 is 11.8 Å². The van der Waals surface area contributed by atoms with Gasteiger partial charge in [0.1, 0.15) is 0 Å². The highest BCUT2D eigenvalue weighted by molar-refractivity contribution is 8.00. The van der Waals surface area contributed by atoms with E-state index in [1.54, 1.807) is 6.07 Å². The summed E-state index contributed by atoms with van der Waals surface area (Å²) in [5.74, 6) is 0. The lowest BCUT2D eigenvalue weighted by atomic mass is 10.1. The third kappa shape index (κ3) is 3.92. The van der Waals surface area contributed by atoms with Crippen LogP contribution < -0.4 is 5.73 Å². The van der Waals surface area contributed by atoms with E-state index in [-0.39, 0.29) is 16.7 Å². The molecule has 0 radical (unpaired) electrons. The Kier molecular flexibility index (Phi) is 4.89. The standard InChI is InChI=1S/C12H16F3NS/c1-3-8(2)17-11-5-4-9(7-16)6-10(11)12(13,14)15/h4-6,8H,3,7,16H2,1-2H3. The molecule has 17 heavy (non-hydrogen) atoms. The van der Waals surface area contributed by atoms with Crippen molar-refractivity contribution in [3.8, 4) is 0 Å². The van der Waals surface area contributed by atoms with Gasteiger partial charge in [-0.05, 0) is 24.1 Å². The summed E-state index contributed by atoms with van der Waals surface area (Å²) in [6.45, 7) is 4.00. The molecule has 1 unspecified atom stereocenters. The van der Waals surface area contributed by atoms with Gasteiger partial charge in [-0.3, -0.25) is 0 Å². The first-order valence-corrected chi connectivity index (χ1v) is 6.33. The van der Waals surface area contributed by atoms with E-state index in [1.165, 1.54) is 17.8 Å². The van der Waals surface area contributed by atoms with E-state index in [1.807, 2.05) is 13.8 Å². The van der Waals surface area contributed by atoms with Crippen molar-refractivity contribution in [2.24, 2.45) is 5.73 Å². The maximum Gasteiger partial charge on any atom is 0.417 e. The van der Waals surface area contributed by atoms with Crippen LogP contribution in [-0.2, 0) is 12.7 Å². The number of thioether (sulfide) groups is 1.